The molecule has 5 nitrogen and oxygen atoms in total. The molecule has 23 heavy (non-hydrogen) atoms. The number of hydrogen-bond acceptors (Lipinski definition) is 4. The Labute approximate surface area is 141 Å². The minimum atomic E-state index is -0.222. The highest BCUT2D eigenvalue weighted by atomic mass is 32.2. The van der Waals surface area contributed by atoms with Crippen LogP contribution in [0.4, 0.5) is 0 Å². The van der Waals surface area contributed by atoms with Crippen LogP contribution in [0.25, 0.3) is 11.4 Å². The molecule has 124 valence electrons. The molecular formula is C17H24N4OS. The van der Waals surface area contributed by atoms with Crippen molar-refractivity contribution in [1.82, 2.24) is 20.5 Å². The Balaban J connectivity index is 1.97. The first-order chi connectivity index (χ1) is 11.0. The Morgan fingerprint density at radius 1 is 1.26 bits per heavy atom. The maximum Gasteiger partial charge on any atom is 0.233 e. The van der Waals surface area contributed by atoms with Gasteiger partial charge in [-0.15, -0.1) is 5.10 Å². The van der Waals surface area contributed by atoms with E-state index in [0.29, 0.717) is 17.6 Å². The molecule has 1 amide bonds. The number of aromatic nitrogens is 3. The maximum absolute atomic E-state index is 12.0. The summed E-state index contributed by atoms with van der Waals surface area (Å²) < 4.78 is 0. The van der Waals surface area contributed by atoms with E-state index in [2.05, 4.69) is 53.4 Å². The molecule has 0 radical (unpaired) electrons. The van der Waals surface area contributed by atoms with Crippen molar-refractivity contribution in [3.05, 3.63) is 29.8 Å². The number of benzene rings is 1. The molecule has 0 fully saturated rings. The van der Waals surface area contributed by atoms with Crippen molar-refractivity contribution >= 4 is 17.7 Å². The van der Waals surface area contributed by atoms with Crippen LogP contribution in [0.1, 0.15) is 33.3 Å². The topological polar surface area (TPSA) is 70.7 Å². The van der Waals surface area contributed by atoms with Gasteiger partial charge in [0, 0.05) is 12.1 Å². The number of aryl methyl sites for hydroxylation is 1. The van der Waals surface area contributed by atoms with Gasteiger partial charge < -0.3 is 5.32 Å². The zero-order chi connectivity index (χ0) is 16.8. The Morgan fingerprint density at radius 3 is 2.57 bits per heavy atom. The summed E-state index contributed by atoms with van der Waals surface area (Å²) in [4.78, 5) is 16.5. The van der Waals surface area contributed by atoms with Gasteiger partial charge in [-0.3, -0.25) is 9.89 Å². The van der Waals surface area contributed by atoms with Gasteiger partial charge in [0.05, 0.1) is 5.25 Å². The van der Waals surface area contributed by atoms with E-state index >= 15 is 0 Å². The Kier molecular flexibility index (Phi) is 6.21. The average molecular weight is 332 g/mol. The fourth-order valence-electron chi connectivity index (χ4n) is 1.99. The minimum Gasteiger partial charge on any atom is -0.355 e. The largest absolute Gasteiger partial charge is 0.355 e. The molecule has 0 aliphatic heterocycles. The SMILES string of the molecule is CCc1ccc(-c2nc(SC(C)C(=O)NCC(C)C)n[nH]2)cc1. The summed E-state index contributed by atoms with van der Waals surface area (Å²) in [5.74, 6) is 1.18. The summed E-state index contributed by atoms with van der Waals surface area (Å²) in [6.07, 6.45) is 1.01. The monoisotopic (exact) mass is 332 g/mol. The van der Waals surface area contributed by atoms with Crippen LogP contribution in [0.15, 0.2) is 29.4 Å². The molecule has 0 saturated heterocycles. The molecule has 0 aliphatic rings. The van der Waals surface area contributed by atoms with Crippen molar-refractivity contribution in [2.24, 2.45) is 5.92 Å². The molecule has 1 aromatic heterocycles. The molecule has 0 aliphatic carbocycles. The Morgan fingerprint density at radius 2 is 1.96 bits per heavy atom. The zero-order valence-corrected chi connectivity index (χ0v) is 14.9. The molecule has 1 aromatic carbocycles. The molecule has 2 rings (SSSR count). The number of rotatable bonds is 7. The number of amides is 1. The van der Waals surface area contributed by atoms with Gasteiger partial charge in [0.2, 0.25) is 11.1 Å². The lowest BCUT2D eigenvalue weighted by atomic mass is 10.1. The van der Waals surface area contributed by atoms with Gasteiger partial charge in [-0.1, -0.05) is 56.8 Å². The highest BCUT2D eigenvalue weighted by molar-refractivity contribution is 8.00. The van der Waals surface area contributed by atoms with E-state index in [4.69, 9.17) is 0 Å². The van der Waals surface area contributed by atoms with Crippen molar-refractivity contribution in [3.63, 3.8) is 0 Å². The Bertz CT molecular complexity index is 636. The summed E-state index contributed by atoms with van der Waals surface area (Å²) in [5.41, 5.74) is 2.29. The third-order valence-electron chi connectivity index (χ3n) is 3.44. The molecule has 1 atom stereocenters. The number of H-pyrrole nitrogens is 1. The van der Waals surface area contributed by atoms with Gasteiger partial charge in [0.25, 0.3) is 0 Å². The quantitative estimate of drug-likeness (QED) is 0.763. The predicted octanol–water partition coefficient (Wildman–Crippen LogP) is 3.29. The van der Waals surface area contributed by atoms with Gasteiger partial charge >= 0.3 is 0 Å². The summed E-state index contributed by atoms with van der Waals surface area (Å²) >= 11 is 1.36. The van der Waals surface area contributed by atoms with Gasteiger partial charge in [0.15, 0.2) is 5.82 Å². The van der Waals surface area contributed by atoms with Gasteiger partial charge in [-0.25, -0.2) is 4.98 Å². The van der Waals surface area contributed by atoms with E-state index in [1.807, 2.05) is 19.1 Å². The number of carbonyl (C=O) groups excluding carboxylic acids is 1. The summed E-state index contributed by atoms with van der Waals surface area (Å²) in [7, 11) is 0. The lowest BCUT2D eigenvalue weighted by molar-refractivity contribution is -0.120. The van der Waals surface area contributed by atoms with Crippen LogP contribution in [-0.4, -0.2) is 32.9 Å². The first kappa shape index (κ1) is 17.5. The van der Waals surface area contributed by atoms with Crippen molar-refractivity contribution in [1.29, 1.82) is 0 Å². The number of nitrogens with zero attached hydrogens (tertiary/aromatic N) is 2. The van der Waals surface area contributed by atoms with Gasteiger partial charge in [-0.05, 0) is 24.8 Å². The number of thioether (sulfide) groups is 1. The maximum atomic E-state index is 12.0. The van der Waals surface area contributed by atoms with Crippen LogP contribution in [-0.2, 0) is 11.2 Å². The standard InChI is InChI=1S/C17H24N4OS/c1-5-13-6-8-14(9-7-13)15-19-17(21-20-15)23-12(4)16(22)18-10-11(2)3/h6-9,11-12H,5,10H2,1-4H3,(H,18,22)(H,19,20,21). The second-order valence-electron chi connectivity index (χ2n) is 5.92. The van der Waals surface area contributed by atoms with Crippen LogP contribution in [0.2, 0.25) is 0 Å². The molecule has 0 saturated carbocycles. The minimum absolute atomic E-state index is 0.0161. The number of aromatic amines is 1. The fourth-order valence-corrected chi connectivity index (χ4v) is 2.74. The number of hydrogen-bond donors (Lipinski definition) is 2. The van der Waals surface area contributed by atoms with Crippen molar-refractivity contribution < 1.29 is 4.79 Å². The molecule has 0 bridgehead atoms. The molecule has 0 spiro atoms. The molecule has 2 N–H and O–H groups in total. The van der Waals surface area contributed by atoms with Crippen LogP contribution >= 0.6 is 11.8 Å². The van der Waals surface area contributed by atoms with Gasteiger partial charge in [-0.2, -0.15) is 0 Å². The van der Waals surface area contributed by atoms with Crippen molar-refractivity contribution in [3.8, 4) is 11.4 Å². The molecule has 1 unspecified atom stereocenters. The highest BCUT2D eigenvalue weighted by Gasteiger charge is 2.17. The predicted molar refractivity (Wildman–Crippen MR) is 94.4 cm³/mol. The lowest BCUT2D eigenvalue weighted by Gasteiger charge is -2.11. The summed E-state index contributed by atoms with van der Waals surface area (Å²) in [6, 6.07) is 8.25. The van der Waals surface area contributed by atoms with E-state index < -0.39 is 0 Å². The second-order valence-corrected chi connectivity index (χ2v) is 7.22. The zero-order valence-electron chi connectivity index (χ0n) is 14.1. The summed E-state index contributed by atoms with van der Waals surface area (Å²) in [5, 5.41) is 10.4. The van der Waals surface area contributed by atoms with E-state index in [0.717, 1.165) is 17.8 Å². The third kappa shape index (κ3) is 5.10. The Hall–Kier alpha value is -1.82. The third-order valence-corrected chi connectivity index (χ3v) is 4.40. The first-order valence-corrected chi connectivity index (χ1v) is 8.83. The smallest absolute Gasteiger partial charge is 0.233 e. The average Bonchev–Trinajstić information content (AvgIpc) is 3.01. The molecular weight excluding hydrogens is 308 g/mol. The van der Waals surface area contributed by atoms with E-state index in [-0.39, 0.29) is 11.2 Å². The first-order valence-electron chi connectivity index (χ1n) is 7.95. The van der Waals surface area contributed by atoms with E-state index in [1.54, 1.807) is 0 Å². The normalized spacial score (nSPS) is 12.4. The van der Waals surface area contributed by atoms with E-state index in [1.165, 1.54) is 17.3 Å². The molecule has 2 aromatic rings. The van der Waals surface area contributed by atoms with Crippen LogP contribution in [0.3, 0.4) is 0 Å². The fraction of sp³-hybridized carbons (Fsp3) is 0.471. The van der Waals surface area contributed by atoms with E-state index in [9.17, 15) is 4.79 Å². The van der Waals surface area contributed by atoms with Crippen molar-refractivity contribution in [2.45, 2.75) is 44.5 Å². The van der Waals surface area contributed by atoms with Crippen LogP contribution in [0, 0.1) is 5.92 Å². The second kappa shape index (κ2) is 8.15. The summed E-state index contributed by atoms with van der Waals surface area (Å²) in [6.45, 7) is 8.83. The lowest BCUT2D eigenvalue weighted by Crippen LogP contribution is -2.33. The van der Waals surface area contributed by atoms with Crippen LogP contribution in [0.5, 0.6) is 0 Å². The number of carbonyl (C=O) groups is 1. The number of nitrogens with one attached hydrogen (secondary N) is 2. The van der Waals surface area contributed by atoms with Crippen molar-refractivity contribution in [2.75, 3.05) is 6.54 Å². The molecule has 6 heteroatoms. The van der Waals surface area contributed by atoms with Gasteiger partial charge in [0.1, 0.15) is 0 Å². The molecule has 1 heterocycles. The highest BCUT2D eigenvalue weighted by Crippen LogP contribution is 2.23. The van der Waals surface area contributed by atoms with Crippen LogP contribution < -0.4 is 5.32 Å².